The van der Waals surface area contributed by atoms with Crippen LogP contribution in [0.1, 0.15) is 63.7 Å². The molecule has 0 saturated heterocycles. The minimum absolute atomic E-state index is 0.00272. The number of ether oxygens (including phenoxy) is 1. The molecule has 1 N–H and O–H groups in total. The summed E-state index contributed by atoms with van der Waals surface area (Å²) in [4.78, 5) is 38.2. The van der Waals surface area contributed by atoms with Gasteiger partial charge >= 0.3 is 5.76 Å². The number of pyridine rings is 1. The molecule has 0 aliphatic heterocycles. The largest absolute Gasteiger partial charge is 0.477 e. The molecule has 0 atom stereocenters. The summed E-state index contributed by atoms with van der Waals surface area (Å²) >= 11 is 0. The van der Waals surface area contributed by atoms with Crippen LogP contribution in [0.15, 0.2) is 81.0 Å². The first-order chi connectivity index (χ1) is 20.7. The molecule has 2 aromatic carbocycles. The van der Waals surface area contributed by atoms with Gasteiger partial charge in [-0.1, -0.05) is 88.7 Å². The topological polar surface area (TPSA) is 116 Å². The predicted molar refractivity (Wildman–Crippen MR) is 167 cm³/mol. The zero-order valence-corrected chi connectivity index (χ0v) is 25.3. The summed E-state index contributed by atoms with van der Waals surface area (Å²) in [6, 6.07) is 19.4. The van der Waals surface area contributed by atoms with Gasteiger partial charge in [0.25, 0.3) is 5.56 Å². The number of aromatic nitrogens is 5. The normalized spacial score (nSPS) is 11.6. The second-order valence-electron chi connectivity index (χ2n) is 11.8. The van der Waals surface area contributed by atoms with Crippen molar-refractivity contribution in [2.75, 3.05) is 6.61 Å². The van der Waals surface area contributed by atoms with Crippen molar-refractivity contribution >= 4 is 0 Å². The average Bonchev–Trinajstić information content (AvgIpc) is 3.44. The maximum atomic E-state index is 14.2. The quantitative estimate of drug-likeness (QED) is 0.210. The Bertz CT molecular complexity index is 1810. The zero-order valence-electron chi connectivity index (χ0n) is 25.3. The van der Waals surface area contributed by atoms with Gasteiger partial charge in [0, 0.05) is 30.0 Å². The fourth-order valence-corrected chi connectivity index (χ4v) is 4.97. The molecule has 0 saturated carbocycles. The van der Waals surface area contributed by atoms with Gasteiger partial charge in [-0.05, 0) is 40.7 Å². The van der Waals surface area contributed by atoms with Crippen molar-refractivity contribution < 1.29 is 9.26 Å². The molecule has 0 aliphatic carbocycles. The molecular weight excluding hydrogens is 542 g/mol. The van der Waals surface area contributed by atoms with E-state index in [4.69, 9.17) is 14.2 Å². The van der Waals surface area contributed by atoms with Gasteiger partial charge in [0.2, 0.25) is 5.88 Å². The highest BCUT2D eigenvalue weighted by Gasteiger charge is 2.20. The third-order valence-corrected chi connectivity index (χ3v) is 7.01. The number of nitrogens with zero attached hydrogens (tertiary/aromatic N) is 4. The molecule has 222 valence electrons. The van der Waals surface area contributed by atoms with E-state index in [1.54, 1.807) is 16.8 Å². The predicted octanol–water partition coefficient (Wildman–Crippen LogP) is 6.17. The molecule has 0 radical (unpaired) electrons. The van der Waals surface area contributed by atoms with Crippen LogP contribution in [0, 0.1) is 5.41 Å². The number of hydrogen-bond acceptors (Lipinski definition) is 7. The third kappa shape index (κ3) is 6.83. The van der Waals surface area contributed by atoms with Crippen LogP contribution in [0.25, 0.3) is 28.2 Å². The van der Waals surface area contributed by atoms with Crippen LogP contribution in [-0.4, -0.2) is 31.3 Å². The summed E-state index contributed by atoms with van der Waals surface area (Å²) in [7, 11) is 0. The highest BCUT2D eigenvalue weighted by molar-refractivity contribution is 5.81. The van der Waals surface area contributed by atoms with Gasteiger partial charge in [-0.25, -0.2) is 14.8 Å². The van der Waals surface area contributed by atoms with E-state index in [1.807, 2.05) is 61.5 Å². The number of H-pyrrole nitrogens is 1. The lowest BCUT2D eigenvalue weighted by Gasteiger charge is -2.19. The maximum Gasteiger partial charge on any atom is 0.439 e. The van der Waals surface area contributed by atoms with Gasteiger partial charge in [-0.2, -0.15) is 0 Å². The summed E-state index contributed by atoms with van der Waals surface area (Å²) in [5.74, 6) is 0.895. The number of rotatable bonds is 10. The Kier molecular flexibility index (Phi) is 8.71. The lowest BCUT2D eigenvalue weighted by Crippen LogP contribution is -2.29. The fraction of sp³-hybridized carbons (Fsp3) is 0.324. The van der Waals surface area contributed by atoms with Crippen molar-refractivity contribution in [1.82, 2.24) is 24.7 Å². The Labute approximate surface area is 250 Å². The molecule has 0 spiro atoms. The first-order valence-electron chi connectivity index (χ1n) is 14.6. The maximum absolute atomic E-state index is 14.2. The van der Waals surface area contributed by atoms with Crippen LogP contribution in [0.4, 0.5) is 0 Å². The number of aromatic amines is 1. The molecule has 9 nitrogen and oxygen atoms in total. The molecule has 3 heterocycles. The number of aryl methyl sites for hydroxylation is 2. The first-order valence-corrected chi connectivity index (χ1v) is 14.6. The fourth-order valence-electron chi connectivity index (χ4n) is 4.97. The molecule has 0 bridgehead atoms. The molecule has 0 aliphatic rings. The summed E-state index contributed by atoms with van der Waals surface area (Å²) in [5, 5.41) is 3.96. The van der Waals surface area contributed by atoms with Gasteiger partial charge < -0.3 is 4.74 Å². The van der Waals surface area contributed by atoms with Crippen molar-refractivity contribution in [3.8, 4) is 34.1 Å². The van der Waals surface area contributed by atoms with Crippen molar-refractivity contribution in [2.45, 2.75) is 60.3 Å². The van der Waals surface area contributed by atoms with E-state index in [0.29, 0.717) is 60.2 Å². The van der Waals surface area contributed by atoms with E-state index in [9.17, 15) is 9.59 Å². The molecule has 5 aromatic rings. The first kappa shape index (κ1) is 29.7. The summed E-state index contributed by atoms with van der Waals surface area (Å²) in [5.41, 5.74) is 5.39. The summed E-state index contributed by atoms with van der Waals surface area (Å²) in [6.45, 7) is 10.9. The third-order valence-electron chi connectivity index (χ3n) is 7.01. The van der Waals surface area contributed by atoms with Crippen LogP contribution in [0.5, 0.6) is 5.88 Å². The smallest absolute Gasteiger partial charge is 0.439 e. The highest BCUT2D eigenvalue weighted by atomic mass is 16.5. The summed E-state index contributed by atoms with van der Waals surface area (Å²) in [6.07, 6.45) is 4.14. The van der Waals surface area contributed by atoms with E-state index in [2.05, 4.69) is 42.8 Å². The minimum Gasteiger partial charge on any atom is -0.477 e. The second-order valence-corrected chi connectivity index (χ2v) is 11.8. The van der Waals surface area contributed by atoms with Crippen molar-refractivity contribution in [1.29, 1.82) is 0 Å². The molecular formula is C34H37N5O4. The number of benzene rings is 2. The Morgan fingerprint density at radius 3 is 2.40 bits per heavy atom. The van der Waals surface area contributed by atoms with Crippen molar-refractivity contribution in [3.05, 3.63) is 110 Å². The van der Waals surface area contributed by atoms with Gasteiger partial charge in [0.05, 0.1) is 24.2 Å². The van der Waals surface area contributed by atoms with Crippen LogP contribution >= 0.6 is 0 Å². The molecule has 5 rings (SSSR count). The number of nitrogens with one attached hydrogen (secondary N) is 1. The van der Waals surface area contributed by atoms with Crippen molar-refractivity contribution in [3.63, 3.8) is 0 Å². The summed E-state index contributed by atoms with van der Waals surface area (Å²) < 4.78 is 12.3. The van der Waals surface area contributed by atoms with E-state index in [-0.39, 0.29) is 11.0 Å². The van der Waals surface area contributed by atoms with Crippen LogP contribution in [0.3, 0.4) is 0 Å². The molecule has 43 heavy (non-hydrogen) atoms. The minimum atomic E-state index is -0.629. The Balaban J connectivity index is 1.58. The molecule has 9 heteroatoms. The van der Waals surface area contributed by atoms with E-state index in [1.165, 1.54) is 0 Å². The van der Waals surface area contributed by atoms with Crippen LogP contribution in [-0.2, 0) is 19.3 Å². The van der Waals surface area contributed by atoms with E-state index >= 15 is 0 Å². The molecule has 3 aromatic heterocycles. The monoisotopic (exact) mass is 579 g/mol. The Morgan fingerprint density at radius 2 is 1.77 bits per heavy atom. The second kappa shape index (κ2) is 12.6. The standard InChI is InChI=1S/C34H37N5O4/c1-6-11-28-27(32(40)39(29(7-2)36-28)24-15-17-30(35-20-24)42-21-34(3,4)5)19-22-14-16-25(23-12-9-8-10-13-23)26(18-22)31-37-33(41)43-38-31/h8-10,12-18,20H,6-7,11,19,21H2,1-5H3,(H,37,38,41). The van der Waals surface area contributed by atoms with Gasteiger partial charge in [-0.3, -0.25) is 18.9 Å². The van der Waals surface area contributed by atoms with Gasteiger partial charge in [0.1, 0.15) is 5.82 Å². The molecule has 0 amide bonds. The lowest BCUT2D eigenvalue weighted by atomic mass is 9.94. The highest BCUT2D eigenvalue weighted by Crippen LogP contribution is 2.31. The van der Waals surface area contributed by atoms with Crippen molar-refractivity contribution in [2.24, 2.45) is 5.41 Å². The Morgan fingerprint density at radius 1 is 0.977 bits per heavy atom. The van der Waals surface area contributed by atoms with Gasteiger partial charge in [0.15, 0.2) is 5.82 Å². The van der Waals surface area contributed by atoms with E-state index in [0.717, 1.165) is 28.8 Å². The number of hydrogen-bond donors (Lipinski definition) is 1. The van der Waals surface area contributed by atoms with Crippen LogP contribution < -0.4 is 16.1 Å². The van der Waals surface area contributed by atoms with E-state index < -0.39 is 5.76 Å². The SMILES string of the molecule is CCCc1nc(CC)n(-c2ccc(OCC(C)(C)C)nc2)c(=O)c1Cc1ccc(-c2ccccc2)c(-c2noc(=O)[nH]2)c1. The average molecular weight is 580 g/mol. The van der Waals surface area contributed by atoms with Gasteiger partial charge in [-0.15, -0.1) is 0 Å². The van der Waals surface area contributed by atoms with Crippen LogP contribution in [0.2, 0.25) is 0 Å². The molecule has 0 fully saturated rings. The lowest BCUT2D eigenvalue weighted by molar-refractivity contribution is 0.191. The zero-order chi connectivity index (χ0) is 30.6. The Hall–Kier alpha value is -4.79. The molecule has 0 unspecified atom stereocenters.